The van der Waals surface area contributed by atoms with E-state index in [1.54, 1.807) is 0 Å². The fourth-order valence-corrected chi connectivity index (χ4v) is 1.74. The molecule has 100 valence electrons. The van der Waals surface area contributed by atoms with Crippen molar-refractivity contribution in [1.29, 1.82) is 0 Å². The monoisotopic (exact) mass is 314 g/mol. The van der Waals surface area contributed by atoms with Gasteiger partial charge in [0, 0.05) is 11.8 Å². The highest BCUT2D eigenvalue weighted by molar-refractivity contribution is 9.09. The zero-order valence-corrected chi connectivity index (χ0v) is 12.2. The standard InChI is InChI=1S/C14H19BrO3/c1-2-17-14(16)8-7-12-5-3-6-13(11-12)18-10-4-9-15/h3,5-6,11H,2,4,7-10H2,1H3. The summed E-state index contributed by atoms with van der Waals surface area (Å²) in [4.78, 5) is 11.3. The van der Waals surface area contributed by atoms with E-state index in [9.17, 15) is 4.79 Å². The second-order valence-corrected chi connectivity index (χ2v) is 4.64. The number of alkyl halides is 1. The van der Waals surface area contributed by atoms with Gasteiger partial charge in [-0.25, -0.2) is 0 Å². The van der Waals surface area contributed by atoms with Crippen LogP contribution in [0.1, 0.15) is 25.3 Å². The summed E-state index contributed by atoms with van der Waals surface area (Å²) in [5.41, 5.74) is 1.10. The molecule has 0 saturated heterocycles. The number of esters is 1. The highest BCUT2D eigenvalue weighted by Gasteiger charge is 2.03. The van der Waals surface area contributed by atoms with Crippen molar-refractivity contribution >= 4 is 21.9 Å². The molecule has 0 radical (unpaired) electrons. The molecule has 18 heavy (non-hydrogen) atoms. The molecule has 0 aliphatic heterocycles. The number of benzene rings is 1. The lowest BCUT2D eigenvalue weighted by molar-refractivity contribution is -0.143. The van der Waals surface area contributed by atoms with Gasteiger partial charge in [-0.05, 0) is 37.5 Å². The third kappa shape index (κ3) is 6.05. The molecule has 1 aromatic rings. The van der Waals surface area contributed by atoms with E-state index in [1.807, 2.05) is 31.2 Å². The van der Waals surface area contributed by atoms with Crippen LogP contribution in [-0.2, 0) is 16.0 Å². The summed E-state index contributed by atoms with van der Waals surface area (Å²) < 4.78 is 10.5. The van der Waals surface area contributed by atoms with Crippen LogP contribution >= 0.6 is 15.9 Å². The summed E-state index contributed by atoms with van der Waals surface area (Å²) in [7, 11) is 0. The Kier molecular flexibility index (Phi) is 7.49. The van der Waals surface area contributed by atoms with Crippen molar-refractivity contribution in [1.82, 2.24) is 0 Å². The number of ether oxygens (including phenoxy) is 2. The van der Waals surface area contributed by atoms with E-state index < -0.39 is 0 Å². The van der Waals surface area contributed by atoms with E-state index >= 15 is 0 Å². The highest BCUT2D eigenvalue weighted by Crippen LogP contribution is 2.15. The second-order valence-electron chi connectivity index (χ2n) is 3.84. The lowest BCUT2D eigenvalue weighted by atomic mass is 10.1. The van der Waals surface area contributed by atoms with Crippen LogP contribution in [-0.4, -0.2) is 24.5 Å². The van der Waals surface area contributed by atoms with Gasteiger partial charge < -0.3 is 9.47 Å². The molecule has 0 aliphatic carbocycles. The molecule has 0 N–H and O–H groups in total. The van der Waals surface area contributed by atoms with Crippen LogP contribution in [0.4, 0.5) is 0 Å². The van der Waals surface area contributed by atoms with Crippen LogP contribution in [0.15, 0.2) is 24.3 Å². The SMILES string of the molecule is CCOC(=O)CCc1cccc(OCCCBr)c1. The van der Waals surface area contributed by atoms with Crippen LogP contribution in [0, 0.1) is 0 Å². The molecule has 1 aromatic carbocycles. The Labute approximate surface area is 117 Å². The molecule has 0 amide bonds. The van der Waals surface area contributed by atoms with Gasteiger partial charge >= 0.3 is 5.97 Å². The maximum atomic E-state index is 11.3. The minimum absolute atomic E-state index is 0.150. The van der Waals surface area contributed by atoms with Crippen molar-refractivity contribution in [3.05, 3.63) is 29.8 Å². The maximum Gasteiger partial charge on any atom is 0.306 e. The molecule has 0 saturated carbocycles. The zero-order valence-electron chi connectivity index (χ0n) is 10.7. The van der Waals surface area contributed by atoms with Gasteiger partial charge in [-0.3, -0.25) is 4.79 Å². The van der Waals surface area contributed by atoms with E-state index in [0.717, 1.165) is 23.1 Å². The number of carbonyl (C=O) groups is 1. The number of aryl methyl sites for hydroxylation is 1. The third-order valence-corrected chi connectivity index (χ3v) is 2.93. The first kappa shape index (κ1) is 15.0. The summed E-state index contributed by atoms with van der Waals surface area (Å²) in [5.74, 6) is 0.709. The van der Waals surface area contributed by atoms with Gasteiger partial charge in [0.05, 0.1) is 13.2 Å². The first-order valence-electron chi connectivity index (χ1n) is 6.19. The van der Waals surface area contributed by atoms with Gasteiger partial charge in [0.2, 0.25) is 0 Å². The van der Waals surface area contributed by atoms with Crippen LogP contribution in [0.2, 0.25) is 0 Å². The first-order valence-corrected chi connectivity index (χ1v) is 7.31. The third-order valence-electron chi connectivity index (χ3n) is 2.37. The largest absolute Gasteiger partial charge is 0.494 e. The molecule has 0 atom stereocenters. The number of halogens is 1. The molecule has 0 fully saturated rings. The van der Waals surface area contributed by atoms with Crippen molar-refractivity contribution in [3.63, 3.8) is 0 Å². The molecular weight excluding hydrogens is 296 g/mol. The van der Waals surface area contributed by atoms with Crippen LogP contribution in [0.25, 0.3) is 0 Å². The van der Waals surface area contributed by atoms with Crippen LogP contribution in [0.3, 0.4) is 0 Å². The fraction of sp³-hybridized carbons (Fsp3) is 0.500. The van der Waals surface area contributed by atoms with Crippen molar-refractivity contribution in [2.24, 2.45) is 0 Å². The molecule has 0 spiro atoms. The van der Waals surface area contributed by atoms with Crippen molar-refractivity contribution in [3.8, 4) is 5.75 Å². The molecule has 4 heteroatoms. The average molecular weight is 315 g/mol. The average Bonchev–Trinajstić information content (AvgIpc) is 2.38. The Hall–Kier alpha value is -1.03. The van der Waals surface area contributed by atoms with Crippen LogP contribution < -0.4 is 4.74 Å². The van der Waals surface area contributed by atoms with E-state index in [-0.39, 0.29) is 5.97 Å². The molecule has 0 aliphatic rings. The van der Waals surface area contributed by atoms with Crippen molar-refractivity contribution in [2.45, 2.75) is 26.2 Å². The first-order chi connectivity index (χ1) is 8.76. The highest BCUT2D eigenvalue weighted by atomic mass is 79.9. The van der Waals surface area contributed by atoms with E-state index in [0.29, 0.717) is 26.1 Å². The van der Waals surface area contributed by atoms with Gasteiger partial charge in [-0.2, -0.15) is 0 Å². The maximum absolute atomic E-state index is 11.3. The lowest BCUT2D eigenvalue weighted by Gasteiger charge is -2.07. The Morgan fingerprint density at radius 2 is 2.22 bits per heavy atom. The summed E-state index contributed by atoms with van der Waals surface area (Å²) in [6, 6.07) is 7.86. The number of hydrogen-bond donors (Lipinski definition) is 0. The van der Waals surface area contributed by atoms with E-state index in [1.165, 1.54) is 0 Å². The van der Waals surface area contributed by atoms with Crippen molar-refractivity contribution in [2.75, 3.05) is 18.5 Å². The van der Waals surface area contributed by atoms with Gasteiger partial charge in [0.25, 0.3) is 0 Å². The lowest BCUT2D eigenvalue weighted by Crippen LogP contribution is -2.05. The molecular formula is C14H19BrO3. The fourth-order valence-electron chi connectivity index (χ4n) is 1.51. The van der Waals surface area contributed by atoms with E-state index in [2.05, 4.69) is 15.9 Å². The molecule has 0 unspecified atom stereocenters. The quantitative estimate of drug-likeness (QED) is 0.419. The number of hydrogen-bond acceptors (Lipinski definition) is 3. The van der Waals surface area contributed by atoms with Gasteiger partial charge in [-0.1, -0.05) is 28.1 Å². The van der Waals surface area contributed by atoms with Crippen molar-refractivity contribution < 1.29 is 14.3 Å². The zero-order chi connectivity index (χ0) is 13.2. The smallest absolute Gasteiger partial charge is 0.306 e. The second kappa shape index (κ2) is 8.97. The minimum Gasteiger partial charge on any atom is -0.494 e. The summed E-state index contributed by atoms with van der Waals surface area (Å²) in [6.45, 7) is 2.96. The normalized spacial score (nSPS) is 10.1. The summed E-state index contributed by atoms with van der Waals surface area (Å²) in [5, 5.41) is 0.940. The summed E-state index contributed by atoms with van der Waals surface area (Å²) in [6.07, 6.45) is 2.08. The minimum atomic E-state index is -0.150. The number of rotatable bonds is 8. The van der Waals surface area contributed by atoms with Gasteiger partial charge in [0.15, 0.2) is 0 Å². The van der Waals surface area contributed by atoms with Crippen LogP contribution in [0.5, 0.6) is 5.75 Å². The molecule has 1 rings (SSSR count). The summed E-state index contributed by atoms with van der Waals surface area (Å²) >= 11 is 3.36. The molecule has 0 heterocycles. The van der Waals surface area contributed by atoms with Gasteiger partial charge in [0.1, 0.15) is 5.75 Å². The molecule has 0 aromatic heterocycles. The topological polar surface area (TPSA) is 35.5 Å². The molecule has 3 nitrogen and oxygen atoms in total. The van der Waals surface area contributed by atoms with E-state index in [4.69, 9.17) is 9.47 Å². The Balaban J connectivity index is 2.41. The predicted octanol–water partition coefficient (Wildman–Crippen LogP) is 3.35. The molecule has 0 bridgehead atoms. The Morgan fingerprint density at radius 3 is 2.94 bits per heavy atom. The Bertz CT molecular complexity index is 366. The Morgan fingerprint density at radius 1 is 1.39 bits per heavy atom. The van der Waals surface area contributed by atoms with Gasteiger partial charge in [-0.15, -0.1) is 0 Å². The predicted molar refractivity (Wildman–Crippen MR) is 75.3 cm³/mol. The number of carbonyl (C=O) groups excluding carboxylic acids is 1.